The minimum absolute atomic E-state index is 0.174. The first-order valence-electron chi connectivity index (χ1n) is 6.10. The van der Waals surface area contributed by atoms with Gasteiger partial charge < -0.3 is 5.32 Å². The van der Waals surface area contributed by atoms with Crippen LogP contribution < -0.4 is 5.32 Å². The van der Waals surface area contributed by atoms with Crippen molar-refractivity contribution in [2.24, 2.45) is 11.8 Å². The second kappa shape index (κ2) is 6.10. The zero-order valence-corrected chi connectivity index (χ0v) is 10.9. The summed E-state index contributed by atoms with van der Waals surface area (Å²) in [4.78, 5) is 0. The van der Waals surface area contributed by atoms with Crippen LogP contribution in [0.4, 0.5) is 8.78 Å². The molecule has 96 valence electrons. The normalized spacial score (nSPS) is 15.0. The van der Waals surface area contributed by atoms with Gasteiger partial charge in [-0.05, 0) is 31.4 Å². The van der Waals surface area contributed by atoms with E-state index in [1.807, 2.05) is 6.92 Å². The number of nitrogens with one attached hydrogen (secondary N) is 1. The van der Waals surface area contributed by atoms with Gasteiger partial charge in [0.2, 0.25) is 0 Å². The first kappa shape index (κ1) is 14.1. The van der Waals surface area contributed by atoms with Crippen molar-refractivity contribution in [1.82, 2.24) is 5.32 Å². The summed E-state index contributed by atoms with van der Waals surface area (Å²) in [5.74, 6) is -0.445. The second-order valence-corrected chi connectivity index (χ2v) is 4.99. The lowest BCUT2D eigenvalue weighted by molar-refractivity contribution is 0.370. The van der Waals surface area contributed by atoms with Crippen molar-refractivity contribution in [1.29, 1.82) is 0 Å². The summed E-state index contributed by atoms with van der Waals surface area (Å²) < 4.78 is 26.6. The summed E-state index contributed by atoms with van der Waals surface area (Å²) in [7, 11) is 0. The van der Waals surface area contributed by atoms with Crippen molar-refractivity contribution in [3.8, 4) is 0 Å². The van der Waals surface area contributed by atoms with E-state index >= 15 is 0 Å². The van der Waals surface area contributed by atoms with Crippen LogP contribution in [0.5, 0.6) is 0 Å². The lowest BCUT2D eigenvalue weighted by Gasteiger charge is -2.20. The standard InChI is InChI=1S/C14H21F2N/c1-9(2)10(3)8-17-11(4)12-6-5-7-13(15)14(12)16/h5-7,9-11,17H,8H2,1-4H3. The molecular weight excluding hydrogens is 220 g/mol. The van der Waals surface area contributed by atoms with Crippen LogP contribution in [0, 0.1) is 23.5 Å². The third kappa shape index (κ3) is 3.77. The van der Waals surface area contributed by atoms with Crippen LogP contribution in [-0.4, -0.2) is 6.54 Å². The molecule has 0 aliphatic carbocycles. The third-order valence-corrected chi connectivity index (χ3v) is 3.33. The van der Waals surface area contributed by atoms with Crippen LogP contribution in [0.3, 0.4) is 0 Å². The smallest absolute Gasteiger partial charge is 0.163 e. The molecule has 0 aliphatic rings. The van der Waals surface area contributed by atoms with E-state index in [9.17, 15) is 8.78 Å². The van der Waals surface area contributed by atoms with E-state index in [1.54, 1.807) is 6.07 Å². The van der Waals surface area contributed by atoms with Gasteiger partial charge in [0.15, 0.2) is 11.6 Å². The molecule has 1 rings (SSSR count). The molecule has 0 spiro atoms. The molecule has 0 heterocycles. The van der Waals surface area contributed by atoms with Gasteiger partial charge in [0.05, 0.1) is 0 Å². The van der Waals surface area contributed by atoms with Crippen LogP contribution in [0.2, 0.25) is 0 Å². The van der Waals surface area contributed by atoms with Gasteiger partial charge in [0.1, 0.15) is 0 Å². The molecule has 0 fully saturated rings. The van der Waals surface area contributed by atoms with Gasteiger partial charge in [-0.15, -0.1) is 0 Å². The van der Waals surface area contributed by atoms with E-state index in [1.165, 1.54) is 6.07 Å². The Morgan fingerprint density at radius 1 is 1.12 bits per heavy atom. The van der Waals surface area contributed by atoms with Crippen molar-refractivity contribution < 1.29 is 8.78 Å². The first-order valence-corrected chi connectivity index (χ1v) is 6.10. The topological polar surface area (TPSA) is 12.0 Å². The van der Waals surface area contributed by atoms with Crippen LogP contribution in [-0.2, 0) is 0 Å². The molecule has 3 heteroatoms. The molecule has 0 aromatic heterocycles. The van der Waals surface area contributed by atoms with Crippen LogP contribution in [0.15, 0.2) is 18.2 Å². The maximum absolute atomic E-state index is 13.5. The van der Waals surface area contributed by atoms with Gasteiger partial charge in [0, 0.05) is 11.6 Å². The van der Waals surface area contributed by atoms with E-state index < -0.39 is 11.6 Å². The number of rotatable bonds is 5. The van der Waals surface area contributed by atoms with Crippen molar-refractivity contribution in [3.63, 3.8) is 0 Å². The molecule has 2 atom stereocenters. The first-order chi connectivity index (χ1) is 7.93. The summed E-state index contributed by atoms with van der Waals surface area (Å²) in [6.07, 6.45) is 0. The van der Waals surface area contributed by atoms with Gasteiger partial charge in [0.25, 0.3) is 0 Å². The van der Waals surface area contributed by atoms with E-state index in [-0.39, 0.29) is 6.04 Å². The molecule has 0 saturated heterocycles. The van der Waals surface area contributed by atoms with Crippen molar-refractivity contribution in [2.75, 3.05) is 6.54 Å². The van der Waals surface area contributed by atoms with Crippen molar-refractivity contribution >= 4 is 0 Å². The number of hydrogen-bond acceptors (Lipinski definition) is 1. The zero-order valence-electron chi connectivity index (χ0n) is 10.9. The Morgan fingerprint density at radius 3 is 2.35 bits per heavy atom. The molecule has 0 aliphatic heterocycles. The summed E-state index contributed by atoms with van der Waals surface area (Å²) in [6.45, 7) is 9.10. The third-order valence-electron chi connectivity index (χ3n) is 3.33. The van der Waals surface area contributed by atoms with E-state index in [4.69, 9.17) is 0 Å². The van der Waals surface area contributed by atoms with Crippen molar-refractivity contribution in [3.05, 3.63) is 35.4 Å². The highest BCUT2D eigenvalue weighted by atomic mass is 19.2. The maximum Gasteiger partial charge on any atom is 0.163 e. The molecule has 1 nitrogen and oxygen atoms in total. The lowest BCUT2D eigenvalue weighted by Crippen LogP contribution is -2.27. The van der Waals surface area contributed by atoms with E-state index in [0.29, 0.717) is 17.4 Å². The quantitative estimate of drug-likeness (QED) is 0.824. The molecular formula is C14H21F2N. The highest BCUT2D eigenvalue weighted by Crippen LogP contribution is 2.19. The minimum atomic E-state index is -0.784. The molecule has 1 N–H and O–H groups in total. The van der Waals surface area contributed by atoms with Crippen molar-refractivity contribution in [2.45, 2.75) is 33.7 Å². The summed E-state index contributed by atoms with van der Waals surface area (Å²) >= 11 is 0. The molecule has 1 aromatic rings. The van der Waals surface area contributed by atoms with Gasteiger partial charge in [-0.1, -0.05) is 32.9 Å². The Balaban J connectivity index is 2.64. The number of benzene rings is 1. The molecule has 0 amide bonds. The monoisotopic (exact) mass is 241 g/mol. The number of hydrogen-bond donors (Lipinski definition) is 1. The number of halogens is 2. The van der Waals surface area contributed by atoms with Crippen LogP contribution in [0.25, 0.3) is 0 Å². The van der Waals surface area contributed by atoms with Crippen LogP contribution in [0.1, 0.15) is 39.3 Å². The van der Waals surface area contributed by atoms with Gasteiger partial charge >= 0.3 is 0 Å². The van der Waals surface area contributed by atoms with Crippen LogP contribution >= 0.6 is 0 Å². The molecule has 17 heavy (non-hydrogen) atoms. The Bertz CT molecular complexity index is 363. The fraction of sp³-hybridized carbons (Fsp3) is 0.571. The van der Waals surface area contributed by atoms with Gasteiger partial charge in [-0.3, -0.25) is 0 Å². The summed E-state index contributed by atoms with van der Waals surface area (Å²) in [5.41, 5.74) is 0.390. The highest BCUT2D eigenvalue weighted by Gasteiger charge is 2.15. The SMILES string of the molecule is CC(NCC(C)C(C)C)c1cccc(F)c1F. The Morgan fingerprint density at radius 2 is 1.76 bits per heavy atom. The Labute approximate surface area is 102 Å². The predicted molar refractivity (Wildman–Crippen MR) is 66.8 cm³/mol. The maximum atomic E-state index is 13.5. The van der Waals surface area contributed by atoms with Gasteiger partial charge in [-0.25, -0.2) is 8.78 Å². The lowest BCUT2D eigenvalue weighted by atomic mass is 9.97. The molecule has 1 aromatic carbocycles. The highest BCUT2D eigenvalue weighted by molar-refractivity contribution is 5.21. The minimum Gasteiger partial charge on any atom is -0.310 e. The predicted octanol–water partition coefficient (Wildman–Crippen LogP) is 3.91. The Hall–Kier alpha value is -0.960. The largest absolute Gasteiger partial charge is 0.310 e. The average Bonchev–Trinajstić information content (AvgIpc) is 2.29. The van der Waals surface area contributed by atoms with E-state index in [0.717, 1.165) is 12.6 Å². The summed E-state index contributed by atoms with van der Waals surface area (Å²) in [5, 5.41) is 3.24. The Kier molecular flexibility index (Phi) is 5.06. The molecule has 0 bridgehead atoms. The fourth-order valence-electron chi connectivity index (χ4n) is 1.56. The average molecular weight is 241 g/mol. The summed E-state index contributed by atoms with van der Waals surface area (Å²) in [6, 6.07) is 4.13. The molecule has 2 unspecified atom stereocenters. The second-order valence-electron chi connectivity index (χ2n) is 4.99. The van der Waals surface area contributed by atoms with E-state index in [2.05, 4.69) is 26.1 Å². The molecule has 0 saturated carbocycles. The molecule has 0 radical (unpaired) electrons. The zero-order chi connectivity index (χ0) is 13.0. The van der Waals surface area contributed by atoms with Gasteiger partial charge in [-0.2, -0.15) is 0 Å². The fourth-order valence-corrected chi connectivity index (χ4v) is 1.56.